The smallest absolute Gasteiger partial charge is 0.302 e. The molecule has 0 bridgehead atoms. The van der Waals surface area contributed by atoms with Crippen LogP contribution < -0.4 is 0 Å². The molecule has 4 fully saturated rings. The van der Waals surface area contributed by atoms with Gasteiger partial charge in [0.2, 0.25) is 0 Å². The molecule has 1 saturated heterocycles. The van der Waals surface area contributed by atoms with E-state index in [2.05, 4.69) is 26.8 Å². The molecular weight excluding hydrogens is 364 g/mol. The average Bonchev–Trinajstić information content (AvgIpc) is 3.25. The number of hydrogen-bond acceptors (Lipinski definition) is 4. The summed E-state index contributed by atoms with van der Waals surface area (Å²) in [7, 11) is 0. The van der Waals surface area contributed by atoms with Crippen molar-refractivity contribution >= 4 is 5.97 Å². The molecular formula is C25H38O4. The second-order valence-electron chi connectivity index (χ2n) is 11.1. The zero-order valence-corrected chi connectivity index (χ0v) is 18.7. The van der Waals surface area contributed by atoms with Gasteiger partial charge in [0.05, 0.1) is 13.2 Å². The normalized spacial score (nSPS) is 48.3. The summed E-state index contributed by atoms with van der Waals surface area (Å²) < 4.78 is 17.9. The molecule has 0 spiro atoms. The van der Waals surface area contributed by atoms with Crippen molar-refractivity contribution in [2.24, 2.45) is 34.5 Å². The van der Waals surface area contributed by atoms with Crippen LogP contribution in [0.15, 0.2) is 11.6 Å². The summed E-state index contributed by atoms with van der Waals surface area (Å²) in [6.45, 7) is 10.3. The van der Waals surface area contributed by atoms with Crippen LogP contribution in [0.3, 0.4) is 0 Å². The summed E-state index contributed by atoms with van der Waals surface area (Å²) in [5.74, 6) is 2.33. The molecule has 5 aliphatic rings. The van der Waals surface area contributed by atoms with Crippen LogP contribution in [0.4, 0.5) is 0 Å². The van der Waals surface area contributed by atoms with Crippen LogP contribution in [0, 0.1) is 34.5 Å². The number of fused-ring (bicyclic) bond motifs is 5. The molecule has 0 amide bonds. The first-order valence-electron chi connectivity index (χ1n) is 11.9. The Hall–Kier alpha value is -0.870. The molecule has 5 rings (SSSR count). The molecule has 2 unspecified atom stereocenters. The van der Waals surface area contributed by atoms with Crippen molar-refractivity contribution in [3.8, 4) is 0 Å². The van der Waals surface area contributed by atoms with E-state index in [4.69, 9.17) is 14.2 Å². The first-order chi connectivity index (χ1) is 13.8. The minimum absolute atomic E-state index is 0.0877. The van der Waals surface area contributed by atoms with Gasteiger partial charge in [0.1, 0.15) is 6.10 Å². The Morgan fingerprint density at radius 2 is 1.79 bits per heavy atom. The maximum absolute atomic E-state index is 11.4. The van der Waals surface area contributed by atoms with Crippen LogP contribution in [0.2, 0.25) is 0 Å². The highest BCUT2D eigenvalue weighted by Gasteiger charge is 2.62. The van der Waals surface area contributed by atoms with Crippen LogP contribution >= 0.6 is 0 Å². The third kappa shape index (κ3) is 2.96. The second-order valence-corrected chi connectivity index (χ2v) is 11.1. The molecule has 0 aromatic rings. The van der Waals surface area contributed by atoms with Crippen LogP contribution in [-0.2, 0) is 19.0 Å². The lowest BCUT2D eigenvalue weighted by atomic mass is 9.47. The predicted octanol–water partition coefficient (Wildman–Crippen LogP) is 5.26. The lowest BCUT2D eigenvalue weighted by molar-refractivity contribution is -0.214. The van der Waals surface area contributed by atoms with Crippen LogP contribution in [0.5, 0.6) is 0 Å². The van der Waals surface area contributed by atoms with E-state index in [-0.39, 0.29) is 17.9 Å². The number of carbonyl (C=O) groups excluding carboxylic acids is 1. The Bertz CT molecular complexity index is 708. The minimum atomic E-state index is -0.377. The van der Waals surface area contributed by atoms with Crippen molar-refractivity contribution in [2.75, 3.05) is 13.2 Å². The van der Waals surface area contributed by atoms with Crippen molar-refractivity contribution in [1.29, 1.82) is 0 Å². The average molecular weight is 403 g/mol. The quantitative estimate of drug-likeness (QED) is 0.467. The van der Waals surface area contributed by atoms with Crippen molar-refractivity contribution in [1.82, 2.24) is 0 Å². The molecule has 4 heteroatoms. The van der Waals surface area contributed by atoms with E-state index in [9.17, 15) is 4.79 Å². The van der Waals surface area contributed by atoms with Gasteiger partial charge in [-0.15, -0.1) is 0 Å². The van der Waals surface area contributed by atoms with E-state index >= 15 is 0 Å². The number of rotatable bonds is 2. The van der Waals surface area contributed by atoms with E-state index in [1.54, 1.807) is 5.57 Å². The summed E-state index contributed by atoms with van der Waals surface area (Å²) in [5, 5.41) is 0. The topological polar surface area (TPSA) is 44.8 Å². The summed E-state index contributed by atoms with van der Waals surface area (Å²) >= 11 is 0. The molecule has 0 N–H and O–H groups in total. The molecule has 3 saturated carbocycles. The highest BCUT2D eigenvalue weighted by atomic mass is 16.7. The number of ether oxygens (including phenoxy) is 3. The lowest BCUT2D eigenvalue weighted by Crippen LogP contribution is -2.53. The van der Waals surface area contributed by atoms with Crippen molar-refractivity contribution in [3.63, 3.8) is 0 Å². The SMILES string of the molecule is CC(=O)OC1CC[C@@]2(C)C(=CC[C@@H]3[C@@H]2CC[C@]2(C)C(C4(C)OCCO4)CC[C@@H]32)C1. The molecule has 4 nitrogen and oxygen atoms in total. The summed E-state index contributed by atoms with van der Waals surface area (Å²) in [6.07, 6.45) is 12.1. The van der Waals surface area contributed by atoms with Gasteiger partial charge in [-0.25, -0.2) is 0 Å². The van der Waals surface area contributed by atoms with Gasteiger partial charge in [0.15, 0.2) is 5.79 Å². The van der Waals surface area contributed by atoms with Gasteiger partial charge in [0.25, 0.3) is 0 Å². The molecule has 0 aromatic carbocycles. The second kappa shape index (κ2) is 6.82. The Kier molecular flexibility index (Phi) is 4.71. The summed E-state index contributed by atoms with van der Waals surface area (Å²) in [4.78, 5) is 11.4. The molecule has 4 aliphatic carbocycles. The Labute approximate surface area is 175 Å². The Morgan fingerprint density at radius 1 is 1.03 bits per heavy atom. The minimum Gasteiger partial charge on any atom is -0.462 e. The van der Waals surface area contributed by atoms with E-state index in [0.29, 0.717) is 16.7 Å². The monoisotopic (exact) mass is 402 g/mol. The standard InChI is InChI=1S/C25H38O4/c1-16(26)29-18-9-11-23(2)17(15-18)5-6-19-20-7-8-22(25(4)27-13-14-28-25)24(20,3)12-10-21(19)23/h5,18-22H,6-15H2,1-4H3/t18?,19-,20-,21-,22?,23-,24-/m0/s1. The van der Waals surface area contributed by atoms with Crippen LogP contribution in [0.1, 0.15) is 79.1 Å². The zero-order valence-electron chi connectivity index (χ0n) is 18.7. The van der Waals surface area contributed by atoms with E-state index in [1.807, 2.05) is 0 Å². The molecule has 0 aromatic heterocycles. The fourth-order valence-electron chi connectivity index (χ4n) is 8.56. The Balaban J connectivity index is 1.39. The fraction of sp³-hybridized carbons (Fsp3) is 0.880. The number of esters is 1. The van der Waals surface area contributed by atoms with Crippen LogP contribution in [-0.4, -0.2) is 31.1 Å². The van der Waals surface area contributed by atoms with Gasteiger partial charge in [-0.1, -0.05) is 25.5 Å². The van der Waals surface area contributed by atoms with E-state index in [0.717, 1.165) is 50.2 Å². The van der Waals surface area contributed by atoms with Gasteiger partial charge in [-0.3, -0.25) is 4.79 Å². The lowest BCUT2D eigenvalue weighted by Gasteiger charge is -2.58. The van der Waals surface area contributed by atoms with Crippen molar-refractivity contribution in [3.05, 3.63) is 11.6 Å². The van der Waals surface area contributed by atoms with Crippen molar-refractivity contribution in [2.45, 2.75) is 91.0 Å². The summed E-state index contributed by atoms with van der Waals surface area (Å²) in [6, 6.07) is 0. The number of hydrogen-bond donors (Lipinski definition) is 0. The maximum atomic E-state index is 11.4. The molecule has 1 heterocycles. The highest BCUT2D eigenvalue weighted by Crippen LogP contribution is 2.68. The maximum Gasteiger partial charge on any atom is 0.302 e. The number of allylic oxidation sites excluding steroid dienone is 1. The van der Waals surface area contributed by atoms with Gasteiger partial charge >= 0.3 is 5.97 Å². The van der Waals surface area contributed by atoms with E-state index < -0.39 is 0 Å². The van der Waals surface area contributed by atoms with Gasteiger partial charge in [-0.2, -0.15) is 0 Å². The molecule has 29 heavy (non-hydrogen) atoms. The zero-order chi connectivity index (χ0) is 20.4. The third-order valence-corrected chi connectivity index (χ3v) is 9.88. The highest BCUT2D eigenvalue weighted by molar-refractivity contribution is 5.66. The van der Waals surface area contributed by atoms with E-state index in [1.165, 1.54) is 39.0 Å². The first-order valence-corrected chi connectivity index (χ1v) is 11.9. The Morgan fingerprint density at radius 3 is 2.52 bits per heavy atom. The molecule has 0 radical (unpaired) electrons. The largest absolute Gasteiger partial charge is 0.462 e. The van der Waals surface area contributed by atoms with Crippen molar-refractivity contribution < 1.29 is 19.0 Å². The fourth-order valence-corrected chi connectivity index (χ4v) is 8.56. The third-order valence-electron chi connectivity index (χ3n) is 9.88. The molecule has 162 valence electrons. The first kappa shape index (κ1) is 20.1. The molecule has 1 aliphatic heterocycles. The summed E-state index contributed by atoms with van der Waals surface area (Å²) in [5.41, 5.74) is 2.20. The molecule has 7 atom stereocenters. The predicted molar refractivity (Wildman–Crippen MR) is 111 cm³/mol. The van der Waals surface area contributed by atoms with Gasteiger partial charge in [-0.05, 0) is 80.5 Å². The number of carbonyl (C=O) groups is 1. The van der Waals surface area contributed by atoms with Crippen LogP contribution in [0.25, 0.3) is 0 Å². The van der Waals surface area contributed by atoms with Gasteiger partial charge in [0, 0.05) is 19.3 Å². The van der Waals surface area contributed by atoms with Gasteiger partial charge < -0.3 is 14.2 Å².